The van der Waals surface area contributed by atoms with Crippen LogP contribution in [0.2, 0.25) is 5.02 Å². The van der Waals surface area contributed by atoms with E-state index in [1.807, 2.05) is 6.07 Å². The van der Waals surface area contributed by atoms with Gasteiger partial charge in [0.1, 0.15) is 5.69 Å². The molecule has 1 amide bonds. The van der Waals surface area contributed by atoms with E-state index >= 15 is 4.39 Å². The van der Waals surface area contributed by atoms with Crippen molar-refractivity contribution < 1.29 is 9.18 Å². The highest BCUT2D eigenvalue weighted by Crippen LogP contribution is 2.37. The number of pyridine rings is 1. The SMILES string of the molecule is O=C(c1csc(-c2cn[nH]c2)c1)N1C=CC(F)(c2ncccc2Cl)CC1. The van der Waals surface area contributed by atoms with Gasteiger partial charge in [0.05, 0.1) is 16.8 Å². The van der Waals surface area contributed by atoms with Gasteiger partial charge in [0, 0.05) is 47.4 Å². The average molecular weight is 389 g/mol. The van der Waals surface area contributed by atoms with Gasteiger partial charge < -0.3 is 4.90 Å². The summed E-state index contributed by atoms with van der Waals surface area (Å²) in [6.07, 6.45) is 7.92. The zero-order chi connectivity index (χ0) is 18.1. The van der Waals surface area contributed by atoms with Crippen LogP contribution < -0.4 is 0 Å². The van der Waals surface area contributed by atoms with Gasteiger partial charge in [-0.05, 0) is 24.3 Å². The Morgan fingerprint density at radius 3 is 3.04 bits per heavy atom. The van der Waals surface area contributed by atoms with Crippen molar-refractivity contribution in [2.45, 2.75) is 12.1 Å². The van der Waals surface area contributed by atoms with E-state index in [1.165, 1.54) is 34.7 Å². The van der Waals surface area contributed by atoms with Crippen molar-refractivity contribution in [3.63, 3.8) is 0 Å². The molecule has 1 aliphatic rings. The number of hydrogen-bond donors (Lipinski definition) is 1. The number of aromatic nitrogens is 3. The maximum Gasteiger partial charge on any atom is 0.258 e. The minimum atomic E-state index is -1.77. The molecule has 0 bridgehead atoms. The zero-order valence-corrected chi connectivity index (χ0v) is 15.1. The van der Waals surface area contributed by atoms with Crippen LogP contribution in [-0.2, 0) is 5.67 Å². The Morgan fingerprint density at radius 1 is 1.46 bits per heavy atom. The van der Waals surface area contributed by atoms with Crippen molar-refractivity contribution in [1.82, 2.24) is 20.1 Å². The normalized spacial score (nSPS) is 19.7. The topological polar surface area (TPSA) is 61.9 Å². The monoisotopic (exact) mass is 388 g/mol. The number of amides is 1. The molecule has 1 atom stereocenters. The number of nitrogens with one attached hydrogen (secondary N) is 1. The van der Waals surface area contributed by atoms with Crippen LogP contribution in [0.1, 0.15) is 22.5 Å². The molecule has 132 valence electrons. The van der Waals surface area contributed by atoms with Crippen molar-refractivity contribution in [3.05, 3.63) is 70.7 Å². The van der Waals surface area contributed by atoms with E-state index in [0.717, 1.165) is 10.4 Å². The predicted molar refractivity (Wildman–Crippen MR) is 98.7 cm³/mol. The summed E-state index contributed by atoms with van der Waals surface area (Å²) >= 11 is 7.54. The lowest BCUT2D eigenvalue weighted by atomic mass is 9.94. The third-order valence-electron chi connectivity index (χ3n) is 4.28. The number of nitrogens with zero attached hydrogens (tertiary/aromatic N) is 3. The number of alkyl halides is 1. The number of aromatic amines is 1. The second-order valence-corrected chi connectivity index (χ2v) is 7.27. The molecule has 8 heteroatoms. The molecule has 1 unspecified atom stereocenters. The second-order valence-electron chi connectivity index (χ2n) is 5.95. The van der Waals surface area contributed by atoms with Gasteiger partial charge >= 0.3 is 0 Å². The van der Waals surface area contributed by atoms with Crippen LogP contribution in [-0.4, -0.2) is 32.5 Å². The molecule has 4 rings (SSSR count). The fourth-order valence-electron chi connectivity index (χ4n) is 2.86. The molecule has 26 heavy (non-hydrogen) atoms. The molecule has 0 spiro atoms. The highest BCUT2D eigenvalue weighted by molar-refractivity contribution is 7.13. The minimum Gasteiger partial charge on any atom is -0.315 e. The molecule has 0 aromatic carbocycles. The van der Waals surface area contributed by atoms with E-state index in [4.69, 9.17) is 11.6 Å². The molecule has 0 aliphatic carbocycles. The largest absolute Gasteiger partial charge is 0.315 e. The van der Waals surface area contributed by atoms with Gasteiger partial charge in [0.25, 0.3) is 5.91 Å². The first-order chi connectivity index (χ1) is 12.6. The number of carbonyl (C=O) groups is 1. The summed E-state index contributed by atoms with van der Waals surface area (Å²) in [7, 11) is 0. The average Bonchev–Trinajstić information content (AvgIpc) is 3.33. The number of hydrogen-bond acceptors (Lipinski definition) is 4. The van der Waals surface area contributed by atoms with Crippen molar-refractivity contribution in [2.24, 2.45) is 0 Å². The second kappa shape index (κ2) is 6.66. The van der Waals surface area contributed by atoms with Crippen LogP contribution in [0.15, 0.2) is 54.4 Å². The minimum absolute atomic E-state index is 0.102. The molecule has 0 fully saturated rings. The van der Waals surface area contributed by atoms with Crippen LogP contribution in [0.5, 0.6) is 0 Å². The Hall–Kier alpha value is -2.51. The van der Waals surface area contributed by atoms with E-state index < -0.39 is 5.67 Å². The number of carbonyl (C=O) groups excluding carboxylic acids is 1. The summed E-state index contributed by atoms with van der Waals surface area (Å²) in [5.74, 6) is -0.165. The number of thiophene rings is 1. The number of rotatable bonds is 3. The smallest absolute Gasteiger partial charge is 0.258 e. The maximum absolute atomic E-state index is 15.2. The van der Waals surface area contributed by atoms with Crippen molar-refractivity contribution in [1.29, 1.82) is 0 Å². The summed E-state index contributed by atoms with van der Waals surface area (Å²) in [5, 5.41) is 8.74. The number of allylic oxidation sites excluding steroid dienone is 1. The fourth-order valence-corrected chi connectivity index (χ4v) is 4.00. The number of H-pyrrole nitrogens is 1. The highest BCUT2D eigenvalue weighted by Gasteiger charge is 2.36. The van der Waals surface area contributed by atoms with Gasteiger partial charge in [-0.3, -0.25) is 14.9 Å². The standard InChI is InChI=1S/C18H14ClFN4OS/c19-14-2-1-5-21-16(14)18(20)3-6-24(7-4-18)17(25)12-8-15(26-11-12)13-9-22-23-10-13/h1-3,5-6,8-11H,4,7H2,(H,22,23). The van der Waals surface area contributed by atoms with Gasteiger partial charge in [-0.25, -0.2) is 4.39 Å². The quantitative estimate of drug-likeness (QED) is 0.722. The van der Waals surface area contributed by atoms with Gasteiger partial charge in [-0.2, -0.15) is 5.10 Å². The third kappa shape index (κ3) is 3.04. The first-order valence-electron chi connectivity index (χ1n) is 7.95. The molecule has 0 radical (unpaired) electrons. The van der Waals surface area contributed by atoms with Crippen LogP contribution in [0.25, 0.3) is 10.4 Å². The summed E-state index contributed by atoms with van der Waals surface area (Å²) < 4.78 is 15.2. The molecular formula is C18H14ClFN4OS. The molecule has 4 heterocycles. The highest BCUT2D eigenvalue weighted by atomic mass is 35.5. The van der Waals surface area contributed by atoms with Crippen LogP contribution in [0.4, 0.5) is 4.39 Å². The van der Waals surface area contributed by atoms with Crippen molar-refractivity contribution in [3.8, 4) is 10.4 Å². The summed E-state index contributed by atoms with van der Waals surface area (Å²) in [6.45, 7) is 0.246. The lowest BCUT2D eigenvalue weighted by Crippen LogP contribution is -2.36. The molecular weight excluding hydrogens is 375 g/mol. The summed E-state index contributed by atoms with van der Waals surface area (Å²) in [6, 6.07) is 5.09. The molecule has 3 aromatic heterocycles. The summed E-state index contributed by atoms with van der Waals surface area (Å²) in [5.41, 5.74) is -0.0946. The first-order valence-corrected chi connectivity index (χ1v) is 9.20. The zero-order valence-electron chi connectivity index (χ0n) is 13.5. The summed E-state index contributed by atoms with van der Waals surface area (Å²) in [4.78, 5) is 19.2. The number of halogens is 2. The fraction of sp³-hybridized carbons (Fsp3) is 0.167. The molecule has 1 aliphatic heterocycles. The lowest BCUT2D eigenvalue weighted by Gasteiger charge is -2.30. The molecule has 3 aromatic rings. The van der Waals surface area contributed by atoms with E-state index in [0.29, 0.717) is 5.56 Å². The van der Waals surface area contributed by atoms with Gasteiger partial charge in [0.15, 0.2) is 5.67 Å². The maximum atomic E-state index is 15.2. The van der Waals surface area contributed by atoms with Crippen molar-refractivity contribution >= 4 is 28.8 Å². The van der Waals surface area contributed by atoms with Gasteiger partial charge in [-0.1, -0.05) is 11.6 Å². The van der Waals surface area contributed by atoms with Crippen LogP contribution >= 0.6 is 22.9 Å². The Bertz CT molecular complexity index is 971. The molecule has 1 N–H and O–H groups in total. The Kier molecular flexibility index (Phi) is 4.34. The van der Waals surface area contributed by atoms with E-state index in [1.54, 1.807) is 29.9 Å². The Morgan fingerprint density at radius 2 is 2.35 bits per heavy atom. The van der Waals surface area contributed by atoms with E-state index in [-0.39, 0.29) is 29.6 Å². The molecule has 0 saturated carbocycles. The molecule has 5 nitrogen and oxygen atoms in total. The van der Waals surface area contributed by atoms with E-state index in [2.05, 4.69) is 15.2 Å². The Balaban J connectivity index is 1.54. The predicted octanol–water partition coefficient (Wildman–Crippen LogP) is 4.41. The van der Waals surface area contributed by atoms with Crippen molar-refractivity contribution in [2.75, 3.05) is 6.54 Å². The van der Waals surface area contributed by atoms with Gasteiger partial charge in [-0.15, -0.1) is 11.3 Å². The molecule has 0 saturated heterocycles. The van der Waals surface area contributed by atoms with Crippen LogP contribution in [0.3, 0.4) is 0 Å². The first kappa shape index (κ1) is 16.9. The lowest BCUT2D eigenvalue weighted by molar-refractivity contribution is 0.0768. The third-order valence-corrected chi connectivity index (χ3v) is 5.56. The van der Waals surface area contributed by atoms with Crippen LogP contribution in [0, 0.1) is 0 Å². The van der Waals surface area contributed by atoms with E-state index in [9.17, 15) is 4.79 Å². The van der Waals surface area contributed by atoms with Gasteiger partial charge in [0.2, 0.25) is 0 Å². The Labute approximate surface area is 158 Å².